The van der Waals surface area contributed by atoms with E-state index in [9.17, 15) is 4.79 Å². The molecule has 0 saturated heterocycles. The average Bonchev–Trinajstić information content (AvgIpc) is 2.77. The van der Waals surface area contributed by atoms with Crippen LogP contribution in [0.25, 0.3) is 0 Å². The predicted octanol–water partition coefficient (Wildman–Crippen LogP) is 4.20. The van der Waals surface area contributed by atoms with Crippen LogP contribution in [0.4, 0.5) is 10.5 Å². The first-order valence-electron chi connectivity index (χ1n) is 7.63. The van der Waals surface area contributed by atoms with Crippen molar-refractivity contribution >= 4 is 23.3 Å². The molecule has 1 aliphatic rings. The van der Waals surface area contributed by atoms with Gasteiger partial charge in [0.25, 0.3) is 0 Å². The summed E-state index contributed by atoms with van der Waals surface area (Å²) in [5, 5.41) is 6.29. The zero-order valence-corrected chi connectivity index (χ0v) is 13.8. The maximum atomic E-state index is 12.2. The number of urea groups is 1. The van der Waals surface area contributed by atoms with Crippen LogP contribution in [0.5, 0.6) is 11.5 Å². The number of carbonyl (C=O) groups excluding carboxylic acids is 1. The molecule has 1 saturated carbocycles. The molecule has 1 aromatic carbocycles. The van der Waals surface area contributed by atoms with Gasteiger partial charge in [0.1, 0.15) is 11.5 Å². The van der Waals surface area contributed by atoms with Gasteiger partial charge in [0.15, 0.2) is 0 Å². The fraction of sp³-hybridized carbons (Fsp3) is 0.562. The van der Waals surface area contributed by atoms with Gasteiger partial charge in [-0.1, -0.05) is 37.3 Å². The van der Waals surface area contributed by atoms with Crippen molar-refractivity contribution in [2.24, 2.45) is 0 Å². The van der Waals surface area contributed by atoms with Crippen LogP contribution in [-0.2, 0) is 0 Å². The van der Waals surface area contributed by atoms with Crippen molar-refractivity contribution < 1.29 is 14.3 Å². The number of hydrogen-bond donors (Lipinski definition) is 2. The number of rotatable bonds is 4. The summed E-state index contributed by atoms with van der Waals surface area (Å²) in [6, 6.07) is 3.30. The van der Waals surface area contributed by atoms with Crippen LogP contribution < -0.4 is 20.1 Å². The van der Waals surface area contributed by atoms with Crippen LogP contribution in [0.3, 0.4) is 0 Å². The van der Waals surface area contributed by atoms with Gasteiger partial charge in [-0.25, -0.2) is 4.79 Å². The lowest BCUT2D eigenvalue weighted by molar-refractivity contribution is 0.247. The van der Waals surface area contributed by atoms with Gasteiger partial charge < -0.3 is 20.1 Å². The summed E-state index contributed by atoms with van der Waals surface area (Å²) < 4.78 is 10.4. The minimum Gasteiger partial charge on any atom is -0.495 e. The zero-order valence-electron chi connectivity index (χ0n) is 13.1. The van der Waals surface area contributed by atoms with Crippen molar-refractivity contribution in [2.45, 2.75) is 44.6 Å². The van der Waals surface area contributed by atoms with Gasteiger partial charge in [0, 0.05) is 18.2 Å². The topological polar surface area (TPSA) is 59.6 Å². The molecule has 1 aliphatic carbocycles. The second-order valence-corrected chi connectivity index (χ2v) is 5.88. The van der Waals surface area contributed by atoms with E-state index in [-0.39, 0.29) is 12.1 Å². The molecule has 1 aromatic rings. The first-order chi connectivity index (χ1) is 10.6. The van der Waals surface area contributed by atoms with E-state index in [0.29, 0.717) is 22.2 Å². The molecule has 0 radical (unpaired) electrons. The minimum absolute atomic E-state index is 0.227. The Morgan fingerprint density at radius 3 is 2.32 bits per heavy atom. The number of halogens is 1. The van der Waals surface area contributed by atoms with E-state index >= 15 is 0 Å². The smallest absolute Gasteiger partial charge is 0.319 e. The number of carbonyl (C=O) groups is 1. The molecule has 2 rings (SSSR count). The molecule has 22 heavy (non-hydrogen) atoms. The van der Waals surface area contributed by atoms with Crippen molar-refractivity contribution in [3.63, 3.8) is 0 Å². The Bertz CT molecular complexity index is 514. The third-order valence-corrected chi connectivity index (χ3v) is 4.21. The number of ether oxygens (including phenoxy) is 2. The van der Waals surface area contributed by atoms with E-state index in [0.717, 1.165) is 12.8 Å². The van der Waals surface area contributed by atoms with Gasteiger partial charge in [-0.05, 0) is 12.8 Å². The van der Waals surface area contributed by atoms with E-state index in [1.807, 2.05) is 0 Å². The molecule has 2 amide bonds. The third kappa shape index (κ3) is 4.44. The second-order valence-electron chi connectivity index (χ2n) is 5.47. The quantitative estimate of drug-likeness (QED) is 0.815. The molecule has 1 fully saturated rings. The van der Waals surface area contributed by atoms with Crippen molar-refractivity contribution in [3.05, 3.63) is 17.2 Å². The van der Waals surface area contributed by atoms with Gasteiger partial charge >= 0.3 is 6.03 Å². The number of amides is 2. The standard InChI is InChI=1S/C16H23ClN2O3/c1-21-14-10-13(15(22-2)9-12(14)17)19-16(20)18-11-7-5-3-4-6-8-11/h9-11H,3-8H2,1-2H3,(H2,18,19,20). The Kier molecular flexibility index (Phi) is 6.19. The van der Waals surface area contributed by atoms with E-state index in [4.69, 9.17) is 21.1 Å². The predicted molar refractivity (Wildman–Crippen MR) is 88.2 cm³/mol. The highest BCUT2D eigenvalue weighted by atomic mass is 35.5. The van der Waals surface area contributed by atoms with Gasteiger partial charge in [-0.15, -0.1) is 0 Å². The molecule has 6 heteroatoms. The van der Waals surface area contributed by atoms with Crippen molar-refractivity contribution in [2.75, 3.05) is 19.5 Å². The summed E-state index contributed by atoms with van der Waals surface area (Å²) in [5.41, 5.74) is 0.537. The number of hydrogen-bond acceptors (Lipinski definition) is 3. The highest BCUT2D eigenvalue weighted by Crippen LogP contribution is 2.35. The number of methoxy groups -OCH3 is 2. The monoisotopic (exact) mass is 326 g/mol. The summed E-state index contributed by atoms with van der Waals surface area (Å²) in [4.78, 5) is 12.2. The lowest BCUT2D eigenvalue weighted by Gasteiger charge is -2.18. The highest BCUT2D eigenvalue weighted by Gasteiger charge is 2.17. The summed E-state index contributed by atoms with van der Waals surface area (Å²) in [6.45, 7) is 0. The van der Waals surface area contributed by atoms with E-state index < -0.39 is 0 Å². The molecular formula is C16H23ClN2O3. The van der Waals surface area contributed by atoms with Gasteiger partial charge in [-0.2, -0.15) is 0 Å². The molecule has 0 unspecified atom stereocenters. The first-order valence-corrected chi connectivity index (χ1v) is 8.01. The maximum absolute atomic E-state index is 12.2. The van der Waals surface area contributed by atoms with Crippen molar-refractivity contribution in [1.82, 2.24) is 5.32 Å². The first kappa shape index (κ1) is 16.7. The molecule has 0 bridgehead atoms. The minimum atomic E-state index is -0.227. The lowest BCUT2D eigenvalue weighted by atomic mass is 10.1. The van der Waals surface area contributed by atoms with Crippen LogP contribution in [0.2, 0.25) is 5.02 Å². The summed E-state index contributed by atoms with van der Waals surface area (Å²) in [6.07, 6.45) is 6.92. The summed E-state index contributed by atoms with van der Waals surface area (Å²) in [5.74, 6) is 0.994. The summed E-state index contributed by atoms with van der Waals surface area (Å²) >= 11 is 6.06. The Morgan fingerprint density at radius 1 is 1.09 bits per heavy atom. The largest absolute Gasteiger partial charge is 0.495 e. The average molecular weight is 327 g/mol. The van der Waals surface area contributed by atoms with E-state index in [1.165, 1.54) is 39.9 Å². The Hall–Kier alpha value is -1.62. The Labute approximate surface area is 136 Å². The van der Waals surface area contributed by atoms with Crippen LogP contribution in [-0.4, -0.2) is 26.3 Å². The molecule has 0 aromatic heterocycles. The fourth-order valence-electron chi connectivity index (χ4n) is 2.73. The lowest BCUT2D eigenvalue weighted by Crippen LogP contribution is -2.37. The van der Waals surface area contributed by atoms with Gasteiger partial charge in [0.05, 0.1) is 24.9 Å². The second kappa shape index (κ2) is 8.13. The SMILES string of the molecule is COc1cc(NC(=O)NC2CCCCCC2)c(OC)cc1Cl. The highest BCUT2D eigenvalue weighted by molar-refractivity contribution is 6.32. The van der Waals surface area contributed by atoms with Gasteiger partial charge in [-0.3, -0.25) is 0 Å². The molecular weight excluding hydrogens is 304 g/mol. The zero-order chi connectivity index (χ0) is 15.9. The Balaban J connectivity index is 2.03. The number of nitrogens with one attached hydrogen (secondary N) is 2. The molecule has 0 heterocycles. The molecule has 0 aliphatic heterocycles. The van der Waals surface area contributed by atoms with Crippen LogP contribution in [0.15, 0.2) is 12.1 Å². The van der Waals surface area contributed by atoms with Crippen LogP contribution in [0, 0.1) is 0 Å². The van der Waals surface area contributed by atoms with Crippen LogP contribution in [0.1, 0.15) is 38.5 Å². The van der Waals surface area contributed by atoms with Crippen LogP contribution >= 0.6 is 11.6 Å². The molecule has 0 atom stereocenters. The number of anilines is 1. The normalized spacial score (nSPS) is 15.8. The number of benzene rings is 1. The fourth-order valence-corrected chi connectivity index (χ4v) is 2.96. The van der Waals surface area contributed by atoms with Crippen molar-refractivity contribution in [3.8, 4) is 11.5 Å². The maximum Gasteiger partial charge on any atom is 0.319 e. The van der Waals surface area contributed by atoms with Gasteiger partial charge in [0.2, 0.25) is 0 Å². The molecule has 0 spiro atoms. The van der Waals surface area contributed by atoms with Crippen molar-refractivity contribution in [1.29, 1.82) is 0 Å². The molecule has 122 valence electrons. The molecule has 5 nitrogen and oxygen atoms in total. The third-order valence-electron chi connectivity index (χ3n) is 3.91. The van der Waals surface area contributed by atoms with E-state index in [1.54, 1.807) is 12.1 Å². The molecule has 2 N–H and O–H groups in total. The summed E-state index contributed by atoms with van der Waals surface area (Å²) in [7, 11) is 3.07. The van der Waals surface area contributed by atoms with E-state index in [2.05, 4.69) is 10.6 Å². The Morgan fingerprint density at radius 2 is 1.73 bits per heavy atom.